The maximum absolute atomic E-state index is 11.0. The van der Waals surface area contributed by atoms with Gasteiger partial charge in [-0.1, -0.05) is 42.5 Å². The average Bonchev–Trinajstić information content (AvgIpc) is 2.25. The van der Waals surface area contributed by atoms with E-state index in [1.165, 1.54) is 0 Å². The van der Waals surface area contributed by atoms with Crippen LogP contribution in [0.5, 0.6) is 0 Å². The van der Waals surface area contributed by atoms with Crippen LogP contribution in [0.2, 0.25) is 0 Å². The Hall–Kier alpha value is -1.57. The number of carboxylic acid groups (broad SMARTS) is 1. The lowest BCUT2D eigenvalue weighted by Gasteiger charge is -2.09. The molecule has 15 heavy (non-hydrogen) atoms. The summed E-state index contributed by atoms with van der Waals surface area (Å²) in [4.78, 5) is 11.0. The first-order valence-corrected chi connectivity index (χ1v) is 5.12. The van der Waals surface area contributed by atoms with Crippen LogP contribution in [0.1, 0.15) is 18.9 Å². The summed E-state index contributed by atoms with van der Waals surface area (Å²) < 4.78 is 0. The van der Waals surface area contributed by atoms with E-state index in [-0.39, 0.29) is 5.92 Å². The third-order valence-electron chi connectivity index (χ3n) is 2.33. The SMILES string of the molecule is C/C=C/C[C@H](Cc1ccccc1)C(=O)O. The van der Waals surface area contributed by atoms with E-state index in [0.29, 0.717) is 12.8 Å². The molecule has 1 atom stereocenters. The van der Waals surface area contributed by atoms with Gasteiger partial charge in [-0.3, -0.25) is 4.79 Å². The van der Waals surface area contributed by atoms with Gasteiger partial charge in [0.05, 0.1) is 5.92 Å². The van der Waals surface area contributed by atoms with Gasteiger partial charge in [-0.25, -0.2) is 0 Å². The molecule has 0 heterocycles. The van der Waals surface area contributed by atoms with E-state index >= 15 is 0 Å². The van der Waals surface area contributed by atoms with Crippen molar-refractivity contribution in [3.8, 4) is 0 Å². The second-order valence-corrected chi connectivity index (χ2v) is 3.53. The molecule has 0 saturated carbocycles. The van der Waals surface area contributed by atoms with E-state index < -0.39 is 5.97 Å². The molecule has 0 amide bonds. The lowest BCUT2D eigenvalue weighted by atomic mass is 9.96. The Kier molecular flexibility index (Phi) is 4.61. The summed E-state index contributed by atoms with van der Waals surface area (Å²) in [6.45, 7) is 1.90. The molecule has 2 nitrogen and oxygen atoms in total. The topological polar surface area (TPSA) is 37.3 Å². The predicted molar refractivity (Wildman–Crippen MR) is 60.7 cm³/mol. The van der Waals surface area contributed by atoms with Gasteiger partial charge in [0.2, 0.25) is 0 Å². The third-order valence-corrected chi connectivity index (χ3v) is 2.33. The Morgan fingerprint density at radius 2 is 2.07 bits per heavy atom. The minimum absolute atomic E-state index is 0.316. The van der Waals surface area contributed by atoms with Gasteiger partial charge in [0, 0.05) is 0 Å². The van der Waals surface area contributed by atoms with Crippen molar-refractivity contribution in [2.75, 3.05) is 0 Å². The Morgan fingerprint density at radius 1 is 1.40 bits per heavy atom. The van der Waals surface area contributed by atoms with Gasteiger partial charge in [-0.05, 0) is 25.3 Å². The number of aliphatic carboxylic acids is 1. The number of carboxylic acids is 1. The van der Waals surface area contributed by atoms with Gasteiger partial charge < -0.3 is 5.11 Å². The predicted octanol–water partition coefficient (Wildman–Crippen LogP) is 2.90. The second-order valence-electron chi connectivity index (χ2n) is 3.53. The molecule has 0 saturated heterocycles. The highest BCUT2D eigenvalue weighted by Gasteiger charge is 2.15. The quantitative estimate of drug-likeness (QED) is 0.749. The van der Waals surface area contributed by atoms with E-state index in [1.54, 1.807) is 0 Å². The summed E-state index contributed by atoms with van der Waals surface area (Å²) in [5.41, 5.74) is 1.08. The van der Waals surface area contributed by atoms with Gasteiger partial charge in [0.15, 0.2) is 0 Å². The first-order valence-electron chi connectivity index (χ1n) is 5.12. The van der Waals surface area contributed by atoms with Crippen LogP contribution in [0.3, 0.4) is 0 Å². The fourth-order valence-corrected chi connectivity index (χ4v) is 1.47. The Morgan fingerprint density at radius 3 is 2.60 bits per heavy atom. The summed E-state index contributed by atoms with van der Waals surface area (Å²) in [5.74, 6) is -1.04. The van der Waals surface area contributed by atoms with Crippen LogP contribution in [0.25, 0.3) is 0 Å². The fourth-order valence-electron chi connectivity index (χ4n) is 1.47. The molecule has 0 unspecified atom stereocenters. The third kappa shape index (κ3) is 3.98. The van der Waals surface area contributed by atoms with Crippen LogP contribution in [0.4, 0.5) is 0 Å². The zero-order valence-corrected chi connectivity index (χ0v) is 8.89. The normalized spacial score (nSPS) is 12.9. The summed E-state index contributed by atoms with van der Waals surface area (Å²) in [7, 11) is 0. The number of allylic oxidation sites excluding steroid dienone is 2. The van der Waals surface area contributed by atoms with Crippen LogP contribution >= 0.6 is 0 Å². The maximum Gasteiger partial charge on any atom is 0.307 e. The molecule has 1 N–H and O–H groups in total. The average molecular weight is 204 g/mol. The zero-order valence-electron chi connectivity index (χ0n) is 8.89. The largest absolute Gasteiger partial charge is 0.481 e. The Labute approximate surface area is 90.3 Å². The van der Waals surface area contributed by atoms with Crippen molar-refractivity contribution in [3.05, 3.63) is 48.0 Å². The van der Waals surface area contributed by atoms with Crippen LogP contribution in [0, 0.1) is 5.92 Å². The first-order chi connectivity index (χ1) is 7.24. The van der Waals surface area contributed by atoms with E-state index in [0.717, 1.165) is 5.56 Å². The van der Waals surface area contributed by atoms with Crippen molar-refractivity contribution in [1.82, 2.24) is 0 Å². The minimum atomic E-state index is -0.725. The number of hydrogen-bond acceptors (Lipinski definition) is 1. The van der Waals surface area contributed by atoms with Crippen LogP contribution < -0.4 is 0 Å². The summed E-state index contributed by atoms with van der Waals surface area (Å²) in [5, 5.41) is 9.03. The van der Waals surface area contributed by atoms with Gasteiger partial charge in [-0.2, -0.15) is 0 Å². The fraction of sp³-hybridized carbons (Fsp3) is 0.308. The lowest BCUT2D eigenvalue weighted by Crippen LogP contribution is -2.15. The van der Waals surface area contributed by atoms with E-state index in [1.807, 2.05) is 49.4 Å². The molecule has 1 aromatic rings. The van der Waals surface area contributed by atoms with Crippen molar-refractivity contribution < 1.29 is 9.90 Å². The number of carbonyl (C=O) groups is 1. The maximum atomic E-state index is 11.0. The van der Waals surface area contributed by atoms with Gasteiger partial charge >= 0.3 is 5.97 Å². The molecule has 0 bridgehead atoms. The van der Waals surface area contributed by atoms with Gasteiger partial charge in [-0.15, -0.1) is 0 Å². The molecule has 0 aliphatic heterocycles. The van der Waals surface area contributed by atoms with Crippen LogP contribution in [0.15, 0.2) is 42.5 Å². The molecule has 80 valence electrons. The summed E-state index contributed by atoms with van der Waals surface area (Å²) in [6.07, 6.45) is 4.99. The molecule has 0 aromatic heterocycles. The standard InChI is InChI=1S/C13H16O2/c1-2-3-9-12(13(14)15)10-11-7-5-4-6-8-11/h2-8,12H,9-10H2,1H3,(H,14,15)/b3-2+/t12-/m1/s1. The summed E-state index contributed by atoms with van der Waals surface area (Å²) in [6, 6.07) is 9.73. The molecule has 0 radical (unpaired) electrons. The van der Waals surface area contributed by atoms with Gasteiger partial charge in [0.1, 0.15) is 0 Å². The molecular formula is C13H16O2. The highest BCUT2D eigenvalue weighted by atomic mass is 16.4. The smallest absolute Gasteiger partial charge is 0.307 e. The van der Waals surface area contributed by atoms with Crippen molar-refractivity contribution in [3.63, 3.8) is 0 Å². The Bertz CT molecular complexity index is 328. The van der Waals surface area contributed by atoms with Crippen molar-refractivity contribution in [2.45, 2.75) is 19.8 Å². The number of benzene rings is 1. The first kappa shape index (κ1) is 11.5. The van der Waals surface area contributed by atoms with Gasteiger partial charge in [0.25, 0.3) is 0 Å². The number of rotatable bonds is 5. The minimum Gasteiger partial charge on any atom is -0.481 e. The lowest BCUT2D eigenvalue weighted by molar-refractivity contribution is -0.141. The van der Waals surface area contributed by atoms with Crippen molar-refractivity contribution in [1.29, 1.82) is 0 Å². The van der Waals surface area contributed by atoms with E-state index in [4.69, 9.17) is 5.11 Å². The molecule has 0 fully saturated rings. The highest BCUT2D eigenvalue weighted by Crippen LogP contribution is 2.13. The van der Waals surface area contributed by atoms with Crippen molar-refractivity contribution >= 4 is 5.97 Å². The van der Waals surface area contributed by atoms with E-state index in [2.05, 4.69) is 0 Å². The van der Waals surface area contributed by atoms with E-state index in [9.17, 15) is 4.79 Å². The molecule has 0 aliphatic carbocycles. The second kappa shape index (κ2) is 6.02. The number of hydrogen-bond donors (Lipinski definition) is 1. The molecule has 1 aromatic carbocycles. The van der Waals surface area contributed by atoms with Crippen LogP contribution in [-0.2, 0) is 11.2 Å². The molecule has 2 heteroatoms. The van der Waals surface area contributed by atoms with Crippen LogP contribution in [-0.4, -0.2) is 11.1 Å². The highest BCUT2D eigenvalue weighted by molar-refractivity contribution is 5.70. The summed E-state index contributed by atoms with van der Waals surface area (Å²) >= 11 is 0. The van der Waals surface area contributed by atoms with Crippen molar-refractivity contribution in [2.24, 2.45) is 5.92 Å². The molecular weight excluding hydrogens is 188 g/mol. The molecule has 1 rings (SSSR count). The monoisotopic (exact) mass is 204 g/mol. The Balaban J connectivity index is 2.63. The molecule has 0 aliphatic rings. The zero-order chi connectivity index (χ0) is 11.1. The molecule has 0 spiro atoms.